The molecule has 148 valence electrons. The van der Waals surface area contributed by atoms with E-state index in [0.29, 0.717) is 5.75 Å². The third kappa shape index (κ3) is 3.48. The lowest BCUT2D eigenvalue weighted by molar-refractivity contribution is 0.883. The number of hydrogen-bond acceptors (Lipinski definition) is 5. The maximum absolute atomic E-state index is 4.70. The van der Waals surface area contributed by atoms with Gasteiger partial charge in [0.15, 0.2) is 11.0 Å². The van der Waals surface area contributed by atoms with Crippen molar-refractivity contribution in [2.24, 2.45) is 0 Å². The van der Waals surface area contributed by atoms with Gasteiger partial charge in [0, 0.05) is 36.1 Å². The van der Waals surface area contributed by atoms with Crippen LogP contribution in [0.25, 0.3) is 22.7 Å². The second kappa shape index (κ2) is 7.76. The van der Waals surface area contributed by atoms with E-state index < -0.39 is 0 Å². The van der Waals surface area contributed by atoms with Gasteiger partial charge in [-0.2, -0.15) is 0 Å². The molecule has 4 heterocycles. The lowest BCUT2D eigenvalue weighted by atomic mass is 10.1. The van der Waals surface area contributed by atoms with Crippen LogP contribution in [-0.2, 0) is 5.75 Å². The van der Waals surface area contributed by atoms with E-state index in [1.165, 1.54) is 11.1 Å². The monoisotopic (exact) mass is 412 g/mol. The van der Waals surface area contributed by atoms with Crippen molar-refractivity contribution in [1.29, 1.82) is 0 Å². The number of imidazole rings is 1. The molecule has 0 fully saturated rings. The molecule has 7 heteroatoms. The highest BCUT2D eigenvalue weighted by molar-refractivity contribution is 7.98. The average Bonchev–Trinajstić information content (AvgIpc) is 3.38. The Kier molecular flexibility index (Phi) is 4.80. The standard InChI is InChI=1S/C23H20N6S/c1-16-6-7-20(13-17(16)2)29-22(18-8-10-24-11-9-18)26-27-23(29)30-15-19-14-28-12-4-3-5-21(28)25-19/h3-14H,15H2,1-2H3. The van der Waals surface area contributed by atoms with Crippen LogP contribution in [0.5, 0.6) is 0 Å². The van der Waals surface area contributed by atoms with Gasteiger partial charge in [-0.05, 0) is 61.4 Å². The van der Waals surface area contributed by atoms with E-state index in [2.05, 4.69) is 58.0 Å². The first-order chi connectivity index (χ1) is 14.7. The van der Waals surface area contributed by atoms with Crippen molar-refractivity contribution >= 4 is 17.4 Å². The summed E-state index contributed by atoms with van der Waals surface area (Å²) in [4.78, 5) is 8.83. The predicted molar refractivity (Wildman–Crippen MR) is 119 cm³/mol. The molecule has 0 atom stereocenters. The Morgan fingerprint density at radius 1 is 0.933 bits per heavy atom. The second-order valence-electron chi connectivity index (χ2n) is 7.13. The molecule has 0 bridgehead atoms. The van der Waals surface area contributed by atoms with Crippen LogP contribution in [0.15, 0.2) is 78.5 Å². The molecule has 6 nitrogen and oxygen atoms in total. The highest BCUT2D eigenvalue weighted by atomic mass is 32.2. The SMILES string of the molecule is Cc1ccc(-n2c(SCc3cn4ccccc4n3)nnc2-c2ccncc2)cc1C. The highest BCUT2D eigenvalue weighted by Gasteiger charge is 2.17. The third-order valence-electron chi connectivity index (χ3n) is 5.08. The van der Waals surface area contributed by atoms with Gasteiger partial charge in [-0.25, -0.2) is 4.98 Å². The number of hydrogen-bond donors (Lipinski definition) is 0. The van der Waals surface area contributed by atoms with Crippen LogP contribution in [0.3, 0.4) is 0 Å². The van der Waals surface area contributed by atoms with E-state index >= 15 is 0 Å². The summed E-state index contributed by atoms with van der Waals surface area (Å²) in [6.07, 6.45) is 7.62. The molecule has 0 aliphatic heterocycles. The molecule has 0 amide bonds. The number of benzene rings is 1. The largest absolute Gasteiger partial charge is 0.307 e. The van der Waals surface area contributed by atoms with E-state index in [1.807, 2.05) is 40.9 Å². The lowest BCUT2D eigenvalue weighted by Crippen LogP contribution is -2.01. The normalized spacial score (nSPS) is 11.3. The van der Waals surface area contributed by atoms with Gasteiger partial charge in [0.1, 0.15) is 5.65 Å². The summed E-state index contributed by atoms with van der Waals surface area (Å²) in [6.45, 7) is 4.24. The van der Waals surface area contributed by atoms with Crippen molar-refractivity contribution in [1.82, 2.24) is 29.1 Å². The minimum absolute atomic E-state index is 0.709. The minimum atomic E-state index is 0.709. The Morgan fingerprint density at radius 3 is 2.60 bits per heavy atom. The molecule has 4 aromatic heterocycles. The summed E-state index contributed by atoms with van der Waals surface area (Å²) < 4.78 is 4.15. The van der Waals surface area contributed by atoms with Gasteiger partial charge >= 0.3 is 0 Å². The van der Waals surface area contributed by atoms with E-state index in [0.717, 1.165) is 33.6 Å². The fourth-order valence-corrected chi connectivity index (χ4v) is 4.18. The number of rotatable bonds is 5. The molecule has 0 aliphatic rings. The summed E-state index contributed by atoms with van der Waals surface area (Å²) >= 11 is 1.63. The van der Waals surface area contributed by atoms with Gasteiger partial charge in [-0.1, -0.05) is 23.9 Å². The van der Waals surface area contributed by atoms with E-state index in [4.69, 9.17) is 4.98 Å². The molecule has 0 saturated heterocycles. The third-order valence-corrected chi connectivity index (χ3v) is 6.05. The first-order valence-corrected chi connectivity index (χ1v) is 10.7. The fraction of sp³-hybridized carbons (Fsp3) is 0.130. The van der Waals surface area contributed by atoms with Gasteiger partial charge in [-0.15, -0.1) is 10.2 Å². The number of fused-ring (bicyclic) bond motifs is 1. The molecule has 5 rings (SSSR count). The lowest BCUT2D eigenvalue weighted by Gasteiger charge is -2.12. The fourth-order valence-electron chi connectivity index (χ4n) is 3.34. The summed E-state index contributed by atoms with van der Waals surface area (Å²) in [5, 5.41) is 9.85. The number of thioether (sulfide) groups is 1. The predicted octanol–water partition coefficient (Wildman–Crippen LogP) is 4.89. The Hall–Kier alpha value is -3.45. The first-order valence-electron chi connectivity index (χ1n) is 9.68. The molecular weight excluding hydrogens is 392 g/mol. The van der Waals surface area contributed by atoms with E-state index in [-0.39, 0.29) is 0 Å². The molecule has 0 N–H and O–H groups in total. The van der Waals surface area contributed by atoms with Gasteiger partial charge in [0.2, 0.25) is 0 Å². The molecular formula is C23H20N6S. The molecule has 30 heavy (non-hydrogen) atoms. The van der Waals surface area contributed by atoms with Crippen LogP contribution in [0.4, 0.5) is 0 Å². The Morgan fingerprint density at radius 2 is 1.80 bits per heavy atom. The minimum Gasteiger partial charge on any atom is -0.307 e. The van der Waals surface area contributed by atoms with Crippen LogP contribution >= 0.6 is 11.8 Å². The smallest absolute Gasteiger partial charge is 0.196 e. The topological polar surface area (TPSA) is 60.9 Å². The molecule has 0 radical (unpaired) electrons. The van der Waals surface area contributed by atoms with Crippen LogP contribution in [0.2, 0.25) is 0 Å². The molecule has 0 saturated carbocycles. The molecule has 5 aromatic rings. The van der Waals surface area contributed by atoms with Gasteiger partial charge in [-0.3, -0.25) is 9.55 Å². The number of aromatic nitrogens is 6. The summed E-state index contributed by atoms with van der Waals surface area (Å²) in [5.41, 5.74) is 6.48. The molecule has 0 aliphatic carbocycles. The number of pyridine rings is 2. The van der Waals surface area contributed by atoms with E-state index in [9.17, 15) is 0 Å². The number of aryl methyl sites for hydroxylation is 2. The molecule has 1 aromatic carbocycles. The van der Waals surface area contributed by atoms with Crippen LogP contribution < -0.4 is 0 Å². The van der Waals surface area contributed by atoms with E-state index in [1.54, 1.807) is 24.2 Å². The first kappa shape index (κ1) is 18.6. The van der Waals surface area contributed by atoms with Crippen LogP contribution in [-0.4, -0.2) is 29.1 Å². The molecule has 0 spiro atoms. The quantitative estimate of drug-likeness (QED) is 0.385. The Bertz CT molecular complexity index is 1290. The van der Waals surface area contributed by atoms with Crippen molar-refractivity contribution in [3.05, 3.63) is 90.1 Å². The van der Waals surface area contributed by atoms with Gasteiger partial charge in [0.25, 0.3) is 0 Å². The Balaban J connectivity index is 1.54. The Labute approximate surface area is 178 Å². The van der Waals surface area contributed by atoms with Crippen molar-refractivity contribution in [2.75, 3.05) is 0 Å². The maximum Gasteiger partial charge on any atom is 0.196 e. The highest BCUT2D eigenvalue weighted by Crippen LogP contribution is 2.30. The van der Waals surface area contributed by atoms with Crippen molar-refractivity contribution in [3.8, 4) is 17.1 Å². The molecule has 0 unspecified atom stereocenters. The number of nitrogens with zero attached hydrogens (tertiary/aromatic N) is 6. The maximum atomic E-state index is 4.70. The van der Waals surface area contributed by atoms with Crippen LogP contribution in [0.1, 0.15) is 16.8 Å². The zero-order valence-corrected chi connectivity index (χ0v) is 17.5. The zero-order valence-electron chi connectivity index (χ0n) is 16.7. The summed E-state index contributed by atoms with van der Waals surface area (Å²) in [6, 6.07) is 16.4. The van der Waals surface area contributed by atoms with Gasteiger partial charge < -0.3 is 4.40 Å². The average molecular weight is 413 g/mol. The summed E-state index contributed by atoms with van der Waals surface area (Å²) in [5.74, 6) is 1.51. The van der Waals surface area contributed by atoms with Crippen molar-refractivity contribution in [3.63, 3.8) is 0 Å². The zero-order chi connectivity index (χ0) is 20.5. The van der Waals surface area contributed by atoms with Crippen molar-refractivity contribution in [2.45, 2.75) is 24.8 Å². The van der Waals surface area contributed by atoms with Crippen LogP contribution in [0, 0.1) is 13.8 Å². The second-order valence-corrected chi connectivity index (χ2v) is 8.08. The van der Waals surface area contributed by atoms with Crippen molar-refractivity contribution < 1.29 is 0 Å². The summed E-state index contributed by atoms with van der Waals surface area (Å²) in [7, 11) is 0. The van der Waals surface area contributed by atoms with Gasteiger partial charge in [0.05, 0.1) is 11.4 Å².